The fourth-order valence-electron chi connectivity index (χ4n) is 3.28. The number of nitrogens with zero attached hydrogens (tertiary/aromatic N) is 1. The second-order valence-corrected chi connectivity index (χ2v) is 8.18. The molecule has 0 aliphatic carbocycles. The largest absolute Gasteiger partial charge is 0.417 e. The van der Waals surface area contributed by atoms with E-state index in [4.69, 9.17) is 0 Å². The molecule has 11 heteroatoms. The van der Waals surface area contributed by atoms with Crippen LogP contribution in [0.3, 0.4) is 0 Å². The molecule has 1 heterocycles. The van der Waals surface area contributed by atoms with Crippen LogP contribution in [0.25, 0.3) is 0 Å². The molecule has 6 nitrogen and oxygen atoms in total. The zero-order valence-electron chi connectivity index (χ0n) is 18.3. The van der Waals surface area contributed by atoms with E-state index in [0.717, 1.165) is 24.3 Å². The zero-order chi connectivity index (χ0) is 25.3. The highest BCUT2D eigenvalue weighted by Gasteiger charge is 2.35. The summed E-state index contributed by atoms with van der Waals surface area (Å²) in [7, 11) is 0. The van der Waals surface area contributed by atoms with E-state index in [1.54, 1.807) is 13.8 Å². The number of aromatic nitrogens is 2. The Morgan fingerprint density at radius 2 is 1.62 bits per heavy atom. The molecule has 2 aromatic carbocycles. The van der Waals surface area contributed by atoms with Crippen molar-refractivity contribution in [1.29, 1.82) is 0 Å². The average molecular weight is 480 g/mol. The van der Waals surface area contributed by atoms with Crippen LogP contribution < -0.4 is 10.6 Å². The van der Waals surface area contributed by atoms with Crippen LogP contribution in [0.2, 0.25) is 0 Å². The molecular formula is C23H21F5N4O2. The Bertz CT molecular complexity index is 1200. The number of alkyl halides is 3. The van der Waals surface area contributed by atoms with Gasteiger partial charge in [0, 0.05) is 23.2 Å². The van der Waals surface area contributed by atoms with Gasteiger partial charge in [0.25, 0.3) is 5.91 Å². The van der Waals surface area contributed by atoms with Crippen molar-refractivity contribution < 1.29 is 31.5 Å². The predicted octanol–water partition coefficient (Wildman–Crippen LogP) is 4.79. The number of hydrogen-bond donors (Lipinski definition) is 3. The van der Waals surface area contributed by atoms with Gasteiger partial charge in [0.1, 0.15) is 17.7 Å². The Morgan fingerprint density at radius 3 is 2.24 bits per heavy atom. The molecule has 1 atom stereocenters. The van der Waals surface area contributed by atoms with Gasteiger partial charge in [-0.25, -0.2) is 8.78 Å². The molecule has 180 valence electrons. The standard InChI is InChI=1S/C23H21F5N4O2/c1-12(29-21(34)16-6-4-5-7-17(16)23(26,27)28)20(33)30-19-11-18(31-32-19)22(2,3)13-8-14(24)10-15(25)9-13/h4-12H,1-3H3,(H,29,34)(H2,30,31,32,33)/t12-/m0/s1. The molecule has 3 N–H and O–H groups in total. The lowest BCUT2D eigenvalue weighted by atomic mass is 9.81. The Labute approximate surface area is 191 Å². The van der Waals surface area contributed by atoms with E-state index in [1.165, 1.54) is 31.2 Å². The molecule has 0 aliphatic rings. The first-order chi connectivity index (χ1) is 15.8. The summed E-state index contributed by atoms with van der Waals surface area (Å²) in [4.78, 5) is 24.8. The van der Waals surface area contributed by atoms with Crippen LogP contribution in [0.15, 0.2) is 48.5 Å². The summed E-state index contributed by atoms with van der Waals surface area (Å²) in [5.41, 5.74) is -1.87. The molecule has 3 rings (SSSR count). The van der Waals surface area contributed by atoms with Crippen LogP contribution >= 0.6 is 0 Å². The van der Waals surface area contributed by atoms with E-state index in [2.05, 4.69) is 20.8 Å². The Kier molecular flexibility index (Phi) is 6.76. The first kappa shape index (κ1) is 24.9. The zero-order valence-corrected chi connectivity index (χ0v) is 18.3. The fourth-order valence-corrected chi connectivity index (χ4v) is 3.28. The maximum Gasteiger partial charge on any atom is 0.417 e. The molecule has 0 fully saturated rings. The first-order valence-electron chi connectivity index (χ1n) is 10.1. The molecule has 0 spiro atoms. The highest BCUT2D eigenvalue weighted by molar-refractivity contribution is 6.01. The Morgan fingerprint density at radius 1 is 1.00 bits per heavy atom. The van der Waals surface area contributed by atoms with Crippen LogP contribution in [0.4, 0.5) is 27.8 Å². The summed E-state index contributed by atoms with van der Waals surface area (Å²) in [6.45, 7) is 4.69. The van der Waals surface area contributed by atoms with Crippen molar-refractivity contribution in [2.45, 2.75) is 38.4 Å². The van der Waals surface area contributed by atoms with Gasteiger partial charge >= 0.3 is 6.18 Å². The molecule has 0 bridgehead atoms. The molecule has 1 aromatic heterocycles. The number of amides is 2. The van der Waals surface area contributed by atoms with E-state index in [9.17, 15) is 31.5 Å². The number of H-pyrrole nitrogens is 1. The lowest BCUT2D eigenvalue weighted by molar-refractivity contribution is -0.137. The minimum Gasteiger partial charge on any atom is -0.341 e. The molecule has 2 amide bonds. The minimum absolute atomic E-state index is 0.0572. The first-order valence-corrected chi connectivity index (χ1v) is 10.1. The number of halogens is 5. The minimum atomic E-state index is -4.73. The third kappa shape index (κ3) is 5.41. The van der Waals surface area contributed by atoms with Crippen molar-refractivity contribution in [1.82, 2.24) is 15.5 Å². The maximum absolute atomic E-state index is 13.6. The summed E-state index contributed by atoms with van der Waals surface area (Å²) in [6, 6.07) is 7.60. The molecule has 34 heavy (non-hydrogen) atoms. The van der Waals surface area contributed by atoms with Crippen molar-refractivity contribution >= 4 is 17.6 Å². The lowest BCUT2D eigenvalue weighted by Crippen LogP contribution is -2.42. The quantitative estimate of drug-likeness (QED) is 0.444. The number of carbonyl (C=O) groups is 2. The number of rotatable bonds is 6. The van der Waals surface area contributed by atoms with Crippen LogP contribution in [0.5, 0.6) is 0 Å². The van der Waals surface area contributed by atoms with Gasteiger partial charge in [0.2, 0.25) is 5.91 Å². The number of carbonyl (C=O) groups excluding carboxylic acids is 2. The second kappa shape index (κ2) is 9.24. The maximum atomic E-state index is 13.6. The topological polar surface area (TPSA) is 86.9 Å². The molecule has 0 unspecified atom stereocenters. The van der Waals surface area contributed by atoms with Gasteiger partial charge in [0.15, 0.2) is 5.82 Å². The van der Waals surface area contributed by atoms with Crippen LogP contribution in [-0.4, -0.2) is 28.1 Å². The molecule has 0 aliphatic heterocycles. The molecule has 0 saturated heterocycles. The number of benzene rings is 2. The Balaban J connectivity index is 1.71. The monoisotopic (exact) mass is 480 g/mol. The van der Waals surface area contributed by atoms with Crippen molar-refractivity contribution in [2.24, 2.45) is 0 Å². The number of hydrogen-bond acceptors (Lipinski definition) is 3. The van der Waals surface area contributed by atoms with Crippen molar-refractivity contribution in [3.63, 3.8) is 0 Å². The van der Waals surface area contributed by atoms with Crippen molar-refractivity contribution in [2.75, 3.05) is 5.32 Å². The summed E-state index contributed by atoms with van der Waals surface area (Å²) in [5, 5.41) is 11.3. The fraction of sp³-hybridized carbons (Fsp3) is 0.261. The second-order valence-electron chi connectivity index (χ2n) is 8.18. The van der Waals surface area contributed by atoms with E-state index in [-0.39, 0.29) is 5.82 Å². The van der Waals surface area contributed by atoms with E-state index >= 15 is 0 Å². The third-order valence-electron chi connectivity index (χ3n) is 5.30. The Hall–Kier alpha value is -3.76. The molecule has 0 saturated carbocycles. The molecule has 3 aromatic rings. The molecular weight excluding hydrogens is 459 g/mol. The van der Waals surface area contributed by atoms with Gasteiger partial charge in [-0.05, 0) is 36.8 Å². The van der Waals surface area contributed by atoms with Crippen LogP contribution in [0, 0.1) is 11.6 Å². The van der Waals surface area contributed by atoms with Crippen LogP contribution in [0.1, 0.15) is 48.0 Å². The summed E-state index contributed by atoms with van der Waals surface area (Å²) >= 11 is 0. The summed E-state index contributed by atoms with van der Waals surface area (Å²) in [6.07, 6.45) is -4.73. The van der Waals surface area contributed by atoms with Gasteiger partial charge in [-0.1, -0.05) is 26.0 Å². The SMILES string of the molecule is C[C@H](NC(=O)c1ccccc1C(F)(F)F)C(=O)Nc1cc(C(C)(C)c2cc(F)cc(F)c2)[nH]n1. The van der Waals surface area contributed by atoms with Gasteiger partial charge in [0.05, 0.1) is 11.1 Å². The highest BCUT2D eigenvalue weighted by Crippen LogP contribution is 2.33. The van der Waals surface area contributed by atoms with Gasteiger partial charge in [-0.3, -0.25) is 14.7 Å². The number of aromatic amines is 1. The third-order valence-corrected chi connectivity index (χ3v) is 5.30. The van der Waals surface area contributed by atoms with Crippen molar-refractivity contribution in [3.8, 4) is 0 Å². The van der Waals surface area contributed by atoms with E-state index in [1.807, 2.05) is 0 Å². The van der Waals surface area contributed by atoms with Gasteiger partial charge in [-0.2, -0.15) is 18.3 Å². The predicted molar refractivity (Wildman–Crippen MR) is 114 cm³/mol. The highest BCUT2D eigenvalue weighted by atomic mass is 19.4. The van der Waals surface area contributed by atoms with Gasteiger partial charge in [-0.15, -0.1) is 0 Å². The smallest absolute Gasteiger partial charge is 0.341 e. The number of nitrogens with one attached hydrogen (secondary N) is 3. The number of anilines is 1. The van der Waals surface area contributed by atoms with E-state index in [0.29, 0.717) is 11.3 Å². The summed E-state index contributed by atoms with van der Waals surface area (Å²) in [5.74, 6) is -3.22. The lowest BCUT2D eigenvalue weighted by Gasteiger charge is -2.23. The summed E-state index contributed by atoms with van der Waals surface area (Å²) < 4.78 is 66.7. The molecule has 0 radical (unpaired) electrons. The van der Waals surface area contributed by atoms with Crippen molar-refractivity contribution in [3.05, 3.63) is 82.5 Å². The van der Waals surface area contributed by atoms with E-state index < -0.39 is 52.2 Å². The van der Waals surface area contributed by atoms with Gasteiger partial charge < -0.3 is 10.6 Å². The average Bonchev–Trinajstić information content (AvgIpc) is 3.21. The normalized spacial score (nSPS) is 12.8. The van der Waals surface area contributed by atoms with Crippen LogP contribution in [-0.2, 0) is 16.4 Å².